The van der Waals surface area contributed by atoms with E-state index in [0.29, 0.717) is 36.1 Å². The second kappa shape index (κ2) is 10.9. The Kier molecular flexibility index (Phi) is 5.79. The zero-order valence-electron chi connectivity index (χ0n) is 25.6. The van der Waals surface area contributed by atoms with Gasteiger partial charge in [-0.3, -0.25) is 4.90 Å². The first-order valence-electron chi connectivity index (χ1n) is 14.9. The van der Waals surface area contributed by atoms with E-state index >= 15 is 0 Å². The summed E-state index contributed by atoms with van der Waals surface area (Å²) in [6.45, 7) is -0.654. The lowest BCUT2D eigenvalue weighted by molar-refractivity contribution is -0.138. The molecule has 1 aliphatic heterocycles. The standard InChI is InChI=1S/C28H35F3N2O/c1-3-22-17-24(11-12-25(22)18-33-14-7-15-33)20(2)32-34-19-21-10-13-26(23-8-5-4-6-9-23)27(16-21)28(29,30)31/h10-13,16-17,23H,3-9,14-15,18-19H2,1-2H3/b32-20+/i7D,14D2,15D2,23D. The van der Waals surface area contributed by atoms with Gasteiger partial charge in [-0.1, -0.05) is 55.6 Å². The van der Waals surface area contributed by atoms with Crippen LogP contribution in [0.4, 0.5) is 13.2 Å². The Morgan fingerprint density at radius 3 is 2.59 bits per heavy atom. The lowest BCUT2D eigenvalue weighted by Gasteiger charge is -2.31. The topological polar surface area (TPSA) is 24.8 Å². The molecule has 2 aliphatic rings. The van der Waals surface area contributed by atoms with Crippen LogP contribution in [-0.4, -0.2) is 23.6 Å². The number of halogens is 3. The Balaban J connectivity index is 1.47. The van der Waals surface area contributed by atoms with E-state index in [4.69, 9.17) is 13.1 Å². The Bertz CT molecular complexity index is 1250. The fourth-order valence-electron chi connectivity index (χ4n) is 4.48. The Hall–Kier alpha value is -2.34. The molecule has 1 saturated heterocycles. The minimum absolute atomic E-state index is 0.0165. The van der Waals surface area contributed by atoms with Crippen LogP contribution in [0.2, 0.25) is 0 Å². The molecule has 0 atom stereocenters. The van der Waals surface area contributed by atoms with Gasteiger partial charge in [0, 0.05) is 14.8 Å². The van der Waals surface area contributed by atoms with E-state index in [1.54, 1.807) is 25.1 Å². The molecule has 1 heterocycles. The average molecular weight is 479 g/mol. The summed E-state index contributed by atoms with van der Waals surface area (Å²) in [5.74, 6) is -1.23. The van der Waals surface area contributed by atoms with Crippen LogP contribution in [0.15, 0.2) is 41.6 Å². The number of likely N-dealkylation sites (tertiary alicyclic amines) is 1. The predicted molar refractivity (Wildman–Crippen MR) is 130 cm³/mol. The van der Waals surface area contributed by atoms with Gasteiger partial charge in [-0.2, -0.15) is 13.2 Å². The summed E-state index contributed by atoms with van der Waals surface area (Å²) in [6.07, 6.45) is -2.21. The summed E-state index contributed by atoms with van der Waals surface area (Å²) in [7, 11) is 0. The predicted octanol–water partition coefficient (Wildman–Crippen LogP) is 7.46. The third-order valence-electron chi connectivity index (χ3n) is 6.43. The van der Waals surface area contributed by atoms with Gasteiger partial charge in [0.15, 0.2) is 0 Å². The molecule has 4 rings (SSSR count). The first kappa shape index (κ1) is 18.0. The van der Waals surface area contributed by atoms with Crippen molar-refractivity contribution in [1.29, 1.82) is 0 Å². The largest absolute Gasteiger partial charge is 0.416 e. The zero-order chi connectivity index (χ0) is 29.5. The third kappa shape index (κ3) is 6.01. The zero-order valence-corrected chi connectivity index (χ0v) is 19.6. The minimum Gasteiger partial charge on any atom is -0.391 e. The molecule has 0 spiro atoms. The molecule has 0 amide bonds. The van der Waals surface area contributed by atoms with Gasteiger partial charge in [0.05, 0.1) is 11.3 Å². The molecule has 2 aromatic rings. The van der Waals surface area contributed by atoms with Crippen molar-refractivity contribution in [3.05, 3.63) is 69.8 Å². The van der Waals surface area contributed by atoms with E-state index in [1.165, 1.54) is 6.07 Å². The molecule has 1 aliphatic carbocycles. The van der Waals surface area contributed by atoms with Crippen LogP contribution in [-0.2, 0) is 30.6 Å². The average Bonchev–Trinajstić information content (AvgIpc) is 2.90. The first-order valence-corrected chi connectivity index (χ1v) is 11.8. The van der Waals surface area contributed by atoms with Crippen molar-refractivity contribution < 1.29 is 26.2 Å². The molecule has 0 unspecified atom stereocenters. The highest BCUT2D eigenvalue weighted by atomic mass is 19.4. The highest BCUT2D eigenvalue weighted by Gasteiger charge is 2.35. The number of oxime groups is 1. The molecule has 1 saturated carbocycles. The highest BCUT2D eigenvalue weighted by molar-refractivity contribution is 5.98. The Morgan fingerprint density at radius 2 is 1.88 bits per heavy atom. The minimum atomic E-state index is -4.58. The van der Waals surface area contributed by atoms with E-state index in [2.05, 4.69) is 5.16 Å². The second-order valence-electron chi connectivity index (χ2n) is 8.82. The maximum atomic E-state index is 13.9. The van der Waals surface area contributed by atoms with Gasteiger partial charge in [0.2, 0.25) is 0 Å². The number of benzene rings is 2. The van der Waals surface area contributed by atoms with Crippen LogP contribution < -0.4 is 0 Å². The molecular formula is C28H35F3N2O. The molecule has 2 fully saturated rings. The van der Waals surface area contributed by atoms with E-state index in [9.17, 15) is 13.2 Å². The van der Waals surface area contributed by atoms with Crippen molar-refractivity contribution in [2.24, 2.45) is 5.16 Å². The first-order chi connectivity index (χ1) is 18.6. The summed E-state index contributed by atoms with van der Waals surface area (Å²) in [5, 5.41) is 4.10. The van der Waals surface area contributed by atoms with Gasteiger partial charge in [-0.25, -0.2) is 0 Å². The van der Waals surface area contributed by atoms with Gasteiger partial charge < -0.3 is 4.84 Å². The fraction of sp³-hybridized carbons (Fsp3) is 0.536. The lowest BCUT2D eigenvalue weighted by atomic mass is 9.81. The summed E-state index contributed by atoms with van der Waals surface area (Å²) in [4.78, 5) is 6.47. The number of nitrogens with zero attached hydrogens (tertiary/aromatic N) is 2. The molecule has 6 heteroatoms. The summed E-state index contributed by atoms with van der Waals surface area (Å²) >= 11 is 0. The quantitative estimate of drug-likeness (QED) is 0.290. The second-order valence-corrected chi connectivity index (χ2v) is 8.82. The van der Waals surface area contributed by atoms with Crippen LogP contribution in [0.3, 0.4) is 0 Å². The summed E-state index contributed by atoms with van der Waals surface area (Å²) in [6, 6.07) is 9.42. The van der Waals surface area contributed by atoms with Gasteiger partial charge in [-0.15, -0.1) is 0 Å². The van der Waals surface area contributed by atoms with Crippen molar-refractivity contribution in [2.75, 3.05) is 13.0 Å². The highest BCUT2D eigenvalue weighted by Crippen LogP contribution is 2.41. The van der Waals surface area contributed by atoms with E-state index in [0.717, 1.165) is 41.4 Å². The molecule has 34 heavy (non-hydrogen) atoms. The van der Waals surface area contributed by atoms with Gasteiger partial charge in [0.25, 0.3) is 0 Å². The normalized spacial score (nSPS) is 25.1. The molecule has 0 bridgehead atoms. The molecule has 2 aromatic carbocycles. The van der Waals surface area contributed by atoms with Gasteiger partial charge >= 0.3 is 6.18 Å². The fourth-order valence-corrected chi connectivity index (χ4v) is 4.48. The van der Waals surface area contributed by atoms with Gasteiger partial charge in [-0.05, 0) is 91.4 Å². The molecule has 3 nitrogen and oxygen atoms in total. The number of aryl methyl sites for hydroxylation is 1. The van der Waals surface area contributed by atoms with Crippen LogP contribution >= 0.6 is 0 Å². The van der Waals surface area contributed by atoms with Crippen molar-refractivity contribution in [1.82, 2.24) is 4.90 Å². The molecule has 0 radical (unpaired) electrons. The number of hydrogen-bond acceptors (Lipinski definition) is 3. The lowest BCUT2D eigenvalue weighted by Crippen LogP contribution is -2.36. The van der Waals surface area contributed by atoms with E-state index in [1.807, 2.05) is 13.0 Å². The maximum Gasteiger partial charge on any atom is 0.416 e. The molecule has 0 N–H and O–H groups in total. The third-order valence-corrected chi connectivity index (χ3v) is 6.43. The van der Waals surface area contributed by atoms with Crippen LogP contribution in [0.1, 0.15) is 99.8 Å². The van der Waals surface area contributed by atoms with Crippen molar-refractivity contribution in [3.8, 4) is 0 Å². The van der Waals surface area contributed by atoms with Crippen molar-refractivity contribution in [2.45, 2.75) is 84.0 Å². The van der Waals surface area contributed by atoms with Gasteiger partial charge in [0.1, 0.15) is 6.61 Å². The molecular weight excluding hydrogens is 437 g/mol. The maximum absolute atomic E-state index is 13.9. The van der Waals surface area contributed by atoms with Crippen molar-refractivity contribution >= 4 is 5.71 Å². The van der Waals surface area contributed by atoms with E-state index < -0.39 is 37.0 Å². The summed E-state index contributed by atoms with van der Waals surface area (Å²) < 4.78 is 90.2. The van der Waals surface area contributed by atoms with Crippen LogP contribution in [0.25, 0.3) is 0 Å². The monoisotopic (exact) mass is 478 g/mol. The van der Waals surface area contributed by atoms with Crippen molar-refractivity contribution in [3.63, 3.8) is 0 Å². The molecule has 0 aromatic heterocycles. The number of hydrogen-bond donors (Lipinski definition) is 0. The Morgan fingerprint density at radius 1 is 1.12 bits per heavy atom. The molecule has 184 valence electrons. The summed E-state index contributed by atoms with van der Waals surface area (Å²) in [5.41, 5.74) is 2.36. The van der Waals surface area contributed by atoms with Crippen LogP contribution in [0, 0.1) is 0 Å². The van der Waals surface area contributed by atoms with E-state index in [-0.39, 0.29) is 18.7 Å². The Labute approximate surface area is 209 Å². The van der Waals surface area contributed by atoms with Crippen LogP contribution in [0.5, 0.6) is 0 Å². The SMILES string of the molecule is [2H]C1C([2H])([2H])N(Cc2ccc(/C(C)=N/OCc3ccc(C4([2H])CCCCC4)c(C(F)(F)F)c3)cc2CC)C1([2H])[2H]. The number of rotatable bonds is 8. The number of alkyl halides is 3. The smallest absolute Gasteiger partial charge is 0.391 e.